The van der Waals surface area contributed by atoms with E-state index in [9.17, 15) is 5.11 Å². The van der Waals surface area contributed by atoms with E-state index in [1.54, 1.807) is 6.07 Å². The smallest absolute Gasteiger partial charge is 0.124 e. The molecule has 0 aliphatic rings. The zero-order valence-electron chi connectivity index (χ0n) is 44.1. The van der Waals surface area contributed by atoms with Crippen LogP contribution in [-0.4, -0.2) is 19.6 Å². The van der Waals surface area contributed by atoms with Gasteiger partial charge in [0.25, 0.3) is 0 Å². The molecule has 0 radical (unpaired) electrons. The maximum absolute atomic E-state index is 11.2. The molecule has 0 spiro atoms. The van der Waals surface area contributed by atoms with Gasteiger partial charge in [0.2, 0.25) is 0 Å². The van der Waals surface area contributed by atoms with E-state index in [0.29, 0.717) is 11.3 Å². The molecule has 72 heavy (non-hydrogen) atoms. The topological polar surface area (TPSA) is 50.9 Å². The normalized spacial score (nSPS) is 12.5. The van der Waals surface area contributed by atoms with E-state index in [1.165, 1.54) is 44.2 Å². The predicted octanol–water partition coefficient (Wildman–Crippen LogP) is 18.5. The summed E-state index contributed by atoms with van der Waals surface area (Å²) >= 11 is 0. The lowest BCUT2D eigenvalue weighted by atomic mass is 9.79. The SMILES string of the molecule is CC(C)(C)c1cc(-c2cccc(-n3c4ccccc4c4cccc(-c5ccnc(-c6cccc(-c7cc(-c8cc(C(C)(C)C)cc(C(C)(C)C)c8)cc(-c8ccccc8O)n7)c6)c5)c43)c2)cc(C(C)(C)C)c1. The lowest BCUT2D eigenvalue weighted by Crippen LogP contribution is -2.16. The molecule has 0 saturated carbocycles. The van der Waals surface area contributed by atoms with Crippen molar-refractivity contribution in [2.24, 2.45) is 0 Å². The number of phenolic OH excluding ortho intramolecular Hbond substituents is 1. The van der Waals surface area contributed by atoms with Crippen LogP contribution in [0.1, 0.15) is 105 Å². The first-order chi connectivity index (χ1) is 34.1. The van der Waals surface area contributed by atoms with Crippen LogP contribution in [0.5, 0.6) is 5.75 Å². The number of fused-ring (bicyclic) bond motifs is 3. The Bertz CT molecular complexity index is 3630. The summed E-state index contributed by atoms with van der Waals surface area (Å²) in [6.45, 7) is 27.4. The predicted molar refractivity (Wildman–Crippen MR) is 305 cm³/mol. The molecule has 0 aliphatic heterocycles. The zero-order chi connectivity index (χ0) is 50.9. The summed E-state index contributed by atoms with van der Waals surface area (Å²) in [5, 5.41) is 13.6. The molecule has 0 fully saturated rings. The highest BCUT2D eigenvalue weighted by atomic mass is 16.3. The maximum atomic E-state index is 11.2. The molecule has 0 bridgehead atoms. The Kier molecular flexibility index (Phi) is 12.0. The number of nitrogens with zero attached hydrogens (tertiary/aromatic N) is 3. The molecule has 10 aromatic rings. The Hall–Kier alpha value is -7.56. The van der Waals surface area contributed by atoms with Gasteiger partial charge in [-0.3, -0.25) is 4.98 Å². The van der Waals surface area contributed by atoms with E-state index in [4.69, 9.17) is 9.97 Å². The molecule has 0 atom stereocenters. The summed E-state index contributed by atoms with van der Waals surface area (Å²) in [5.41, 5.74) is 20.4. The van der Waals surface area contributed by atoms with Crippen LogP contribution in [0.3, 0.4) is 0 Å². The molecule has 360 valence electrons. The zero-order valence-corrected chi connectivity index (χ0v) is 44.1. The summed E-state index contributed by atoms with van der Waals surface area (Å²) in [5.74, 6) is 0.198. The Labute approximate surface area is 427 Å². The van der Waals surface area contributed by atoms with Gasteiger partial charge in [0, 0.05) is 44.9 Å². The van der Waals surface area contributed by atoms with Gasteiger partial charge in [0.1, 0.15) is 5.75 Å². The van der Waals surface area contributed by atoms with E-state index in [2.05, 4.69) is 239 Å². The Morgan fingerprint density at radius 3 is 1.49 bits per heavy atom. The highest BCUT2D eigenvalue weighted by Crippen LogP contribution is 2.42. The summed E-state index contributed by atoms with van der Waals surface area (Å²) in [4.78, 5) is 10.3. The van der Waals surface area contributed by atoms with Crippen molar-refractivity contribution in [3.63, 3.8) is 0 Å². The summed E-state index contributed by atoms with van der Waals surface area (Å²) < 4.78 is 2.45. The fourth-order valence-corrected chi connectivity index (χ4v) is 9.93. The number of aromatic hydroxyl groups is 1. The highest BCUT2D eigenvalue weighted by Gasteiger charge is 2.24. The number of para-hydroxylation sites is 3. The molecule has 4 nitrogen and oxygen atoms in total. The van der Waals surface area contributed by atoms with Crippen LogP contribution in [0.2, 0.25) is 0 Å². The first kappa shape index (κ1) is 48.1. The van der Waals surface area contributed by atoms with Gasteiger partial charge in [-0.25, -0.2) is 4.98 Å². The molecular weight excluding hydrogens is 875 g/mol. The number of hydrogen-bond donors (Lipinski definition) is 1. The maximum Gasteiger partial charge on any atom is 0.124 e. The fraction of sp³-hybridized carbons (Fsp3) is 0.235. The van der Waals surface area contributed by atoms with Gasteiger partial charge in [-0.1, -0.05) is 198 Å². The first-order valence-electron chi connectivity index (χ1n) is 25.4. The van der Waals surface area contributed by atoms with Crippen molar-refractivity contribution in [1.29, 1.82) is 0 Å². The second-order valence-electron chi connectivity index (χ2n) is 23.9. The van der Waals surface area contributed by atoms with Crippen LogP contribution in [0.25, 0.3) is 94.6 Å². The molecule has 7 aromatic carbocycles. The average molecular weight is 942 g/mol. The third kappa shape index (κ3) is 9.39. The molecule has 1 N–H and O–H groups in total. The molecule has 3 heterocycles. The number of aromatic nitrogens is 3. The van der Waals surface area contributed by atoms with Gasteiger partial charge in [0.05, 0.1) is 28.1 Å². The van der Waals surface area contributed by atoms with Crippen molar-refractivity contribution in [3.05, 3.63) is 204 Å². The minimum atomic E-state index is -0.0503. The van der Waals surface area contributed by atoms with Crippen LogP contribution in [0.4, 0.5) is 0 Å². The van der Waals surface area contributed by atoms with E-state index in [0.717, 1.165) is 61.5 Å². The van der Waals surface area contributed by atoms with Crippen LogP contribution < -0.4 is 0 Å². The number of hydrogen-bond acceptors (Lipinski definition) is 3. The molecule has 0 amide bonds. The van der Waals surface area contributed by atoms with E-state index in [-0.39, 0.29) is 27.4 Å². The van der Waals surface area contributed by atoms with Gasteiger partial charge < -0.3 is 9.67 Å². The Morgan fingerprint density at radius 2 is 0.847 bits per heavy atom. The van der Waals surface area contributed by atoms with Crippen molar-refractivity contribution >= 4 is 21.8 Å². The van der Waals surface area contributed by atoms with Gasteiger partial charge in [-0.05, 0) is 132 Å². The van der Waals surface area contributed by atoms with Crippen molar-refractivity contribution < 1.29 is 5.11 Å². The standard InChI is InChI=1S/C68H67N3O/c1-65(2,3)50-33-47(34-51(41-50)66(4,5)6)43-20-18-23-54(37-43)71-62-28-15-13-24-56(62)57-27-19-26-55(64(57)71)44-30-31-69-59(38-44)45-21-17-22-46(32-45)60-39-49(40-61(70-60)58-25-14-16-29-63(58)72)48-35-52(67(7,8)9)42-53(36-48)68(10,11)12/h13-42,72H,1-12H3. The lowest BCUT2D eigenvalue weighted by Gasteiger charge is -2.26. The number of pyridine rings is 2. The lowest BCUT2D eigenvalue weighted by molar-refractivity contribution is 0.477. The van der Waals surface area contributed by atoms with Crippen molar-refractivity contribution in [3.8, 4) is 78.6 Å². The number of phenols is 1. The monoisotopic (exact) mass is 942 g/mol. The van der Waals surface area contributed by atoms with Gasteiger partial charge in [0.15, 0.2) is 0 Å². The van der Waals surface area contributed by atoms with Crippen LogP contribution >= 0.6 is 0 Å². The van der Waals surface area contributed by atoms with Crippen LogP contribution in [0.15, 0.2) is 182 Å². The van der Waals surface area contributed by atoms with Crippen LogP contribution in [-0.2, 0) is 21.7 Å². The molecule has 4 heteroatoms. The van der Waals surface area contributed by atoms with E-state index < -0.39 is 0 Å². The molecular formula is C68H67N3O. The Morgan fingerprint density at radius 1 is 0.361 bits per heavy atom. The molecule has 10 rings (SSSR count). The fourth-order valence-electron chi connectivity index (χ4n) is 9.93. The Balaban J connectivity index is 1.10. The van der Waals surface area contributed by atoms with Crippen molar-refractivity contribution in [2.45, 2.75) is 105 Å². The number of benzene rings is 7. The minimum absolute atomic E-state index is 0.00861. The summed E-state index contributed by atoms with van der Waals surface area (Å²) in [6.07, 6.45) is 1.93. The molecule has 0 unspecified atom stereocenters. The van der Waals surface area contributed by atoms with Gasteiger partial charge in [-0.2, -0.15) is 0 Å². The van der Waals surface area contributed by atoms with Crippen molar-refractivity contribution in [2.75, 3.05) is 0 Å². The van der Waals surface area contributed by atoms with Crippen LogP contribution in [0, 0.1) is 0 Å². The largest absolute Gasteiger partial charge is 0.507 e. The third-order valence-corrected chi connectivity index (χ3v) is 14.3. The van der Waals surface area contributed by atoms with Crippen molar-refractivity contribution in [1.82, 2.24) is 14.5 Å². The molecule has 0 saturated heterocycles. The summed E-state index contributed by atoms with van der Waals surface area (Å²) in [7, 11) is 0. The van der Waals surface area contributed by atoms with E-state index in [1.807, 2.05) is 24.4 Å². The number of rotatable bonds is 7. The molecule has 0 aliphatic carbocycles. The average Bonchev–Trinajstić information content (AvgIpc) is 3.70. The quantitative estimate of drug-likeness (QED) is 0.173. The second kappa shape index (κ2) is 17.9. The van der Waals surface area contributed by atoms with E-state index >= 15 is 0 Å². The molecule has 3 aromatic heterocycles. The second-order valence-corrected chi connectivity index (χ2v) is 23.9. The van der Waals surface area contributed by atoms with Gasteiger partial charge >= 0.3 is 0 Å². The third-order valence-electron chi connectivity index (χ3n) is 14.3. The summed E-state index contributed by atoms with van der Waals surface area (Å²) in [6, 6.07) is 63.3. The van der Waals surface area contributed by atoms with Gasteiger partial charge in [-0.15, -0.1) is 0 Å². The highest BCUT2D eigenvalue weighted by molar-refractivity contribution is 6.14. The minimum Gasteiger partial charge on any atom is -0.507 e. The first-order valence-corrected chi connectivity index (χ1v) is 25.4.